The second-order valence-electron chi connectivity index (χ2n) is 2.25. The number of carbonyl (C=O) groups excluding carboxylic acids is 1. The summed E-state index contributed by atoms with van der Waals surface area (Å²) in [7, 11) is 0. The van der Waals surface area contributed by atoms with E-state index in [0.29, 0.717) is 0 Å². The summed E-state index contributed by atoms with van der Waals surface area (Å²) in [6.07, 6.45) is -7.09. The summed E-state index contributed by atoms with van der Waals surface area (Å²) in [6.45, 7) is 0.241. The molecule has 0 aromatic rings. The van der Waals surface area contributed by atoms with Crippen LogP contribution >= 0.6 is 0 Å². The minimum absolute atomic E-state index is 0.0119. The molecule has 0 aliphatic heterocycles. The SMILES string of the molecule is O=C[C@H](O)[C@@H](O)[C@H](O)[C@H](O)[CH]O. The molecular formula is C6H11O6. The number of aldehydes is 1. The van der Waals surface area contributed by atoms with Crippen molar-refractivity contribution in [3.8, 4) is 0 Å². The van der Waals surface area contributed by atoms with Crippen LogP contribution in [0.25, 0.3) is 0 Å². The van der Waals surface area contributed by atoms with Crippen LogP contribution in [0.2, 0.25) is 0 Å². The first-order valence-corrected chi connectivity index (χ1v) is 3.19. The number of hydrogen-bond acceptors (Lipinski definition) is 6. The highest BCUT2D eigenvalue weighted by Gasteiger charge is 2.29. The topological polar surface area (TPSA) is 118 Å². The number of hydrogen-bond donors (Lipinski definition) is 5. The summed E-state index contributed by atoms with van der Waals surface area (Å²) < 4.78 is 0. The van der Waals surface area contributed by atoms with Crippen LogP contribution in [0, 0.1) is 6.61 Å². The van der Waals surface area contributed by atoms with E-state index in [1.54, 1.807) is 0 Å². The first-order chi connectivity index (χ1) is 5.54. The lowest BCUT2D eigenvalue weighted by Gasteiger charge is -2.22. The smallest absolute Gasteiger partial charge is 0.151 e. The number of aliphatic hydroxyl groups excluding tert-OH is 5. The molecule has 0 spiro atoms. The number of carbonyl (C=O) groups is 1. The van der Waals surface area contributed by atoms with Crippen LogP contribution in [0.15, 0.2) is 0 Å². The van der Waals surface area contributed by atoms with Gasteiger partial charge in [-0.15, -0.1) is 0 Å². The van der Waals surface area contributed by atoms with E-state index in [0.717, 1.165) is 0 Å². The van der Waals surface area contributed by atoms with Crippen molar-refractivity contribution in [1.82, 2.24) is 0 Å². The molecule has 6 nitrogen and oxygen atoms in total. The van der Waals surface area contributed by atoms with Crippen molar-refractivity contribution < 1.29 is 30.3 Å². The van der Waals surface area contributed by atoms with Gasteiger partial charge in [-0.1, -0.05) is 0 Å². The van der Waals surface area contributed by atoms with Gasteiger partial charge in [-0.25, -0.2) is 0 Å². The van der Waals surface area contributed by atoms with Gasteiger partial charge in [0.25, 0.3) is 0 Å². The van der Waals surface area contributed by atoms with Crippen LogP contribution in [0.1, 0.15) is 0 Å². The predicted octanol–water partition coefficient (Wildman–Crippen LogP) is -2.84. The molecule has 71 valence electrons. The van der Waals surface area contributed by atoms with E-state index in [4.69, 9.17) is 25.5 Å². The maximum atomic E-state index is 9.89. The lowest BCUT2D eigenvalue weighted by Crippen LogP contribution is -2.45. The van der Waals surface area contributed by atoms with Gasteiger partial charge in [-0.2, -0.15) is 0 Å². The molecule has 12 heavy (non-hydrogen) atoms. The maximum Gasteiger partial charge on any atom is 0.151 e. The van der Waals surface area contributed by atoms with E-state index < -0.39 is 24.4 Å². The lowest BCUT2D eigenvalue weighted by atomic mass is 10.0. The monoisotopic (exact) mass is 179 g/mol. The Morgan fingerprint density at radius 3 is 1.67 bits per heavy atom. The van der Waals surface area contributed by atoms with Crippen LogP contribution in [0.3, 0.4) is 0 Å². The Morgan fingerprint density at radius 2 is 1.33 bits per heavy atom. The third-order valence-electron chi connectivity index (χ3n) is 1.34. The van der Waals surface area contributed by atoms with Gasteiger partial charge in [-0.05, 0) is 0 Å². The van der Waals surface area contributed by atoms with Gasteiger partial charge in [-0.3, -0.25) is 0 Å². The zero-order valence-electron chi connectivity index (χ0n) is 6.11. The van der Waals surface area contributed by atoms with Crippen molar-refractivity contribution >= 4 is 6.29 Å². The summed E-state index contributed by atoms with van der Waals surface area (Å²) in [6, 6.07) is 0. The Hall–Kier alpha value is -0.530. The van der Waals surface area contributed by atoms with Crippen LogP contribution in [-0.2, 0) is 4.79 Å². The molecule has 4 atom stereocenters. The Bertz CT molecular complexity index is 138. The number of rotatable bonds is 5. The van der Waals surface area contributed by atoms with E-state index in [9.17, 15) is 4.79 Å². The summed E-state index contributed by atoms with van der Waals surface area (Å²) in [5, 5.41) is 43.3. The van der Waals surface area contributed by atoms with Gasteiger partial charge in [0.1, 0.15) is 31.0 Å². The van der Waals surface area contributed by atoms with Crippen molar-refractivity contribution in [3.05, 3.63) is 6.61 Å². The van der Waals surface area contributed by atoms with E-state index in [2.05, 4.69) is 0 Å². The molecule has 1 radical (unpaired) electrons. The Morgan fingerprint density at radius 1 is 0.917 bits per heavy atom. The molecule has 6 heteroatoms. The zero-order valence-corrected chi connectivity index (χ0v) is 6.11. The third kappa shape index (κ3) is 2.84. The minimum Gasteiger partial charge on any atom is -0.387 e. The fraction of sp³-hybridized carbons (Fsp3) is 0.667. The van der Waals surface area contributed by atoms with Crippen molar-refractivity contribution in [1.29, 1.82) is 0 Å². The molecule has 0 aromatic heterocycles. The average molecular weight is 179 g/mol. The van der Waals surface area contributed by atoms with Crippen LogP contribution in [0.4, 0.5) is 0 Å². The van der Waals surface area contributed by atoms with E-state index in [1.807, 2.05) is 0 Å². The molecule has 0 saturated carbocycles. The summed E-state index contributed by atoms with van der Waals surface area (Å²) >= 11 is 0. The Labute approximate surface area is 68.7 Å². The van der Waals surface area contributed by atoms with Gasteiger partial charge in [0.15, 0.2) is 6.29 Å². The van der Waals surface area contributed by atoms with Crippen LogP contribution < -0.4 is 0 Å². The van der Waals surface area contributed by atoms with Gasteiger partial charge in [0.2, 0.25) is 0 Å². The standard InChI is InChI=1S/C6H11O6/c7-1-3(9)5(11)6(12)4(10)2-8/h1-7,9-12H/t3-,4+,5-,6-/m1/s1. The molecule has 0 heterocycles. The maximum absolute atomic E-state index is 9.89. The predicted molar refractivity (Wildman–Crippen MR) is 36.3 cm³/mol. The van der Waals surface area contributed by atoms with Gasteiger partial charge >= 0.3 is 0 Å². The lowest BCUT2D eigenvalue weighted by molar-refractivity contribution is -0.133. The molecule has 0 amide bonds. The average Bonchev–Trinajstić information content (AvgIpc) is 2.12. The first kappa shape index (κ1) is 11.5. The minimum atomic E-state index is -1.82. The second-order valence-corrected chi connectivity index (χ2v) is 2.25. The van der Waals surface area contributed by atoms with Gasteiger partial charge in [0.05, 0.1) is 0 Å². The van der Waals surface area contributed by atoms with Gasteiger partial charge < -0.3 is 30.3 Å². The molecule has 5 N–H and O–H groups in total. The molecule has 0 fully saturated rings. The molecule has 0 saturated heterocycles. The first-order valence-electron chi connectivity index (χ1n) is 3.19. The fourth-order valence-corrected chi connectivity index (χ4v) is 0.573. The summed E-state index contributed by atoms with van der Waals surface area (Å²) in [4.78, 5) is 9.89. The van der Waals surface area contributed by atoms with Crippen molar-refractivity contribution in [2.45, 2.75) is 24.4 Å². The third-order valence-corrected chi connectivity index (χ3v) is 1.34. The molecule has 0 aromatic carbocycles. The molecule has 0 aliphatic carbocycles. The quantitative estimate of drug-likeness (QED) is 0.290. The van der Waals surface area contributed by atoms with E-state index >= 15 is 0 Å². The summed E-state index contributed by atoms with van der Waals surface area (Å²) in [5.41, 5.74) is 0. The number of aliphatic hydroxyl groups is 5. The molecular weight excluding hydrogens is 168 g/mol. The molecule has 0 aliphatic rings. The van der Waals surface area contributed by atoms with Crippen molar-refractivity contribution in [3.63, 3.8) is 0 Å². The second kappa shape index (κ2) is 5.18. The van der Waals surface area contributed by atoms with Crippen LogP contribution in [0.5, 0.6) is 0 Å². The highest BCUT2D eigenvalue weighted by Crippen LogP contribution is 2.04. The van der Waals surface area contributed by atoms with Crippen LogP contribution in [-0.4, -0.2) is 56.2 Å². The molecule has 0 unspecified atom stereocenters. The van der Waals surface area contributed by atoms with E-state index in [1.165, 1.54) is 0 Å². The highest BCUT2D eigenvalue weighted by atomic mass is 16.4. The highest BCUT2D eigenvalue weighted by molar-refractivity contribution is 5.56. The van der Waals surface area contributed by atoms with E-state index in [-0.39, 0.29) is 12.9 Å². The van der Waals surface area contributed by atoms with Crippen molar-refractivity contribution in [2.24, 2.45) is 0 Å². The normalized spacial score (nSPS) is 21.1. The largest absolute Gasteiger partial charge is 0.387 e. The van der Waals surface area contributed by atoms with Crippen molar-refractivity contribution in [2.75, 3.05) is 0 Å². The Balaban J connectivity index is 4.07. The van der Waals surface area contributed by atoms with Gasteiger partial charge in [0, 0.05) is 0 Å². The molecule has 0 bridgehead atoms. The molecule has 0 rings (SSSR count). The summed E-state index contributed by atoms with van der Waals surface area (Å²) in [5.74, 6) is 0. The zero-order chi connectivity index (χ0) is 9.72. The Kier molecular flexibility index (Phi) is 4.95. The fourth-order valence-electron chi connectivity index (χ4n) is 0.573.